The molecule has 1 heterocycles. The third kappa shape index (κ3) is 1.17. The number of alkyl carbamates (subject to hydrolysis) is 1. The Kier molecular flexibility index (Phi) is 1.74. The molecule has 0 aromatic heterocycles. The van der Waals surface area contributed by atoms with Crippen molar-refractivity contribution in [3.05, 3.63) is 0 Å². The molecule has 0 aromatic rings. The van der Waals surface area contributed by atoms with Gasteiger partial charge in [-0.2, -0.15) is 0 Å². The molecule has 2 rings (SSSR count). The zero-order valence-corrected chi connectivity index (χ0v) is 7.43. The number of hydrogen-bond donors (Lipinski definition) is 1. The molecule has 1 aliphatic heterocycles. The van der Waals surface area contributed by atoms with Gasteiger partial charge in [-0.25, -0.2) is 4.79 Å². The maximum atomic E-state index is 10.9. The molecule has 0 bridgehead atoms. The molecule has 1 saturated heterocycles. The second kappa shape index (κ2) is 2.64. The van der Waals surface area contributed by atoms with Gasteiger partial charge < -0.3 is 10.1 Å². The summed E-state index contributed by atoms with van der Waals surface area (Å²) in [5.41, 5.74) is -0.127. The fourth-order valence-electron chi connectivity index (χ4n) is 2.30. The number of carbonyl (C=O) groups excluding carboxylic acids is 1. The Hall–Kier alpha value is -0.730. The Bertz CT molecular complexity index is 205. The van der Waals surface area contributed by atoms with Gasteiger partial charge in [-0.3, -0.25) is 0 Å². The molecule has 3 nitrogen and oxygen atoms in total. The van der Waals surface area contributed by atoms with Crippen molar-refractivity contribution in [2.24, 2.45) is 5.92 Å². The summed E-state index contributed by atoms with van der Waals surface area (Å²) in [6, 6.07) is 0. The Morgan fingerprint density at radius 1 is 1.75 bits per heavy atom. The van der Waals surface area contributed by atoms with Gasteiger partial charge in [0.05, 0.1) is 6.54 Å². The Labute approximate surface area is 72.5 Å². The monoisotopic (exact) mass is 169 g/mol. The molecule has 1 saturated carbocycles. The molecule has 1 aliphatic carbocycles. The molecule has 2 atom stereocenters. The lowest BCUT2D eigenvalue weighted by Crippen LogP contribution is -2.29. The molecule has 1 N–H and O–H groups in total. The van der Waals surface area contributed by atoms with Crippen molar-refractivity contribution in [2.45, 2.75) is 38.2 Å². The Morgan fingerprint density at radius 3 is 3.08 bits per heavy atom. The molecule has 1 spiro atoms. The maximum absolute atomic E-state index is 10.9. The van der Waals surface area contributed by atoms with Crippen LogP contribution in [-0.2, 0) is 4.74 Å². The molecule has 2 aliphatic rings. The van der Waals surface area contributed by atoms with Crippen LogP contribution in [0.15, 0.2) is 0 Å². The average Bonchev–Trinajstić information content (AvgIpc) is 2.61. The Morgan fingerprint density at radius 2 is 2.58 bits per heavy atom. The second-order valence-electron chi connectivity index (χ2n) is 3.94. The van der Waals surface area contributed by atoms with E-state index in [0.717, 1.165) is 25.3 Å². The van der Waals surface area contributed by atoms with Crippen molar-refractivity contribution < 1.29 is 9.53 Å². The first-order chi connectivity index (χ1) is 5.74. The molecular formula is C9H15NO2. The lowest BCUT2D eigenvalue weighted by Gasteiger charge is -2.19. The van der Waals surface area contributed by atoms with E-state index in [1.807, 2.05) is 0 Å². The van der Waals surface area contributed by atoms with Crippen molar-refractivity contribution in [1.82, 2.24) is 5.32 Å². The van der Waals surface area contributed by atoms with E-state index in [0.29, 0.717) is 0 Å². The van der Waals surface area contributed by atoms with Crippen LogP contribution in [0.4, 0.5) is 4.79 Å². The molecule has 3 heteroatoms. The SMILES string of the molecule is CCC1CCC2(CNC(=O)O2)C1. The third-order valence-electron chi connectivity index (χ3n) is 3.11. The van der Waals surface area contributed by atoms with Crippen LogP contribution in [0.25, 0.3) is 0 Å². The maximum Gasteiger partial charge on any atom is 0.407 e. The number of ether oxygens (including phenoxy) is 1. The van der Waals surface area contributed by atoms with Crippen molar-refractivity contribution in [3.8, 4) is 0 Å². The predicted octanol–water partition coefficient (Wildman–Crippen LogP) is 1.68. The average molecular weight is 169 g/mol. The van der Waals surface area contributed by atoms with E-state index in [9.17, 15) is 4.79 Å². The summed E-state index contributed by atoms with van der Waals surface area (Å²) >= 11 is 0. The first-order valence-corrected chi connectivity index (χ1v) is 4.71. The van der Waals surface area contributed by atoms with E-state index in [1.165, 1.54) is 12.8 Å². The second-order valence-corrected chi connectivity index (χ2v) is 3.94. The van der Waals surface area contributed by atoms with Gasteiger partial charge in [0.15, 0.2) is 0 Å². The zero-order valence-electron chi connectivity index (χ0n) is 7.43. The summed E-state index contributed by atoms with van der Waals surface area (Å²) in [6.07, 6.45) is 4.30. The first-order valence-electron chi connectivity index (χ1n) is 4.71. The molecule has 0 radical (unpaired) electrons. The van der Waals surface area contributed by atoms with Gasteiger partial charge in [-0.05, 0) is 25.2 Å². The van der Waals surface area contributed by atoms with Gasteiger partial charge in [0.2, 0.25) is 0 Å². The van der Waals surface area contributed by atoms with Crippen LogP contribution in [0.3, 0.4) is 0 Å². The summed E-state index contributed by atoms with van der Waals surface area (Å²) in [5, 5.41) is 2.74. The highest BCUT2D eigenvalue weighted by Crippen LogP contribution is 2.40. The zero-order chi connectivity index (χ0) is 8.60. The van der Waals surface area contributed by atoms with Gasteiger partial charge in [0, 0.05) is 0 Å². The number of amides is 1. The number of nitrogens with one attached hydrogen (secondary N) is 1. The van der Waals surface area contributed by atoms with E-state index in [4.69, 9.17) is 4.74 Å². The van der Waals surface area contributed by atoms with Gasteiger partial charge in [-0.1, -0.05) is 13.3 Å². The largest absolute Gasteiger partial charge is 0.441 e. The highest BCUT2D eigenvalue weighted by molar-refractivity contribution is 5.70. The van der Waals surface area contributed by atoms with Crippen LogP contribution in [0, 0.1) is 5.92 Å². The molecule has 12 heavy (non-hydrogen) atoms. The third-order valence-corrected chi connectivity index (χ3v) is 3.11. The minimum absolute atomic E-state index is 0.127. The van der Waals surface area contributed by atoms with Crippen molar-refractivity contribution in [3.63, 3.8) is 0 Å². The highest BCUT2D eigenvalue weighted by Gasteiger charge is 2.45. The summed E-state index contributed by atoms with van der Waals surface area (Å²) < 4.78 is 5.29. The normalized spacial score (nSPS) is 40.1. The van der Waals surface area contributed by atoms with E-state index < -0.39 is 0 Å². The van der Waals surface area contributed by atoms with Gasteiger partial charge in [0.1, 0.15) is 5.60 Å². The van der Waals surface area contributed by atoms with Gasteiger partial charge in [0.25, 0.3) is 0 Å². The molecule has 0 aromatic carbocycles. The van der Waals surface area contributed by atoms with E-state index >= 15 is 0 Å². The molecule has 68 valence electrons. The summed E-state index contributed by atoms with van der Waals surface area (Å²) in [5.74, 6) is 0.762. The van der Waals surface area contributed by atoms with Crippen LogP contribution < -0.4 is 5.32 Å². The van der Waals surface area contributed by atoms with E-state index in [-0.39, 0.29) is 11.7 Å². The summed E-state index contributed by atoms with van der Waals surface area (Å²) in [4.78, 5) is 10.9. The smallest absolute Gasteiger partial charge is 0.407 e. The van der Waals surface area contributed by atoms with Crippen LogP contribution >= 0.6 is 0 Å². The van der Waals surface area contributed by atoms with E-state index in [2.05, 4.69) is 12.2 Å². The highest BCUT2D eigenvalue weighted by atomic mass is 16.6. The van der Waals surface area contributed by atoms with Crippen LogP contribution in [0.2, 0.25) is 0 Å². The van der Waals surface area contributed by atoms with Crippen molar-refractivity contribution >= 4 is 6.09 Å². The number of rotatable bonds is 1. The molecule has 2 unspecified atom stereocenters. The number of hydrogen-bond acceptors (Lipinski definition) is 2. The minimum atomic E-state index is -0.230. The minimum Gasteiger partial charge on any atom is -0.441 e. The first kappa shape index (κ1) is 7.90. The quantitative estimate of drug-likeness (QED) is 0.648. The topological polar surface area (TPSA) is 38.3 Å². The number of carbonyl (C=O) groups is 1. The van der Waals surface area contributed by atoms with Crippen molar-refractivity contribution in [1.29, 1.82) is 0 Å². The standard InChI is InChI=1S/C9H15NO2/c1-2-7-3-4-9(5-7)6-10-8(11)12-9/h7H,2-6H2,1H3,(H,10,11). The van der Waals surface area contributed by atoms with Crippen LogP contribution in [0.5, 0.6) is 0 Å². The molecule has 1 amide bonds. The summed E-state index contributed by atoms with van der Waals surface area (Å²) in [6.45, 7) is 2.93. The summed E-state index contributed by atoms with van der Waals surface area (Å²) in [7, 11) is 0. The van der Waals surface area contributed by atoms with Gasteiger partial charge in [-0.15, -0.1) is 0 Å². The lowest BCUT2D eigenvalue weighted by atomic mass is 9.99. The predicted molar refractivity (Wildman–Crippen MR) is 44.8 cm³/mol. The Balaban J connectivity index is 2.01. The van der Waals surface area contributed by atoms with Gasteiger partial charge >= 0.3 is 6.09 Å². The molecule has 2 fully saturated rings. The van der Waals surface area contributed by atoms with Crippen LogP contribution in [0.1, 0.15) is 32.6 Å². The van der Waals surface area contributed by atoms with E-state index in [1.54, 1.807) is 0 Å². The fourth-order valence-corrected chi connectivity index (χ4v) is 2.30. The van der Waals surface area contributed by atoms with Crippen LogP contribution in [-0.4, -0.2) is 18.2 Å². The fraction of sp³-hybridized carbons (Fsp3) is 0.889. The van der Waals surface area contributed by atoms with Crippen molar-refractivity contribution in [2.75, 3.05) is 6.54 Å². The lowest BCUT2D eigenvalue weighted by molar-refractivity contribution is 0.0593. The molecular weight excluding hydrogens is 154 g/mol.